The summed E-state index contributed by atoms with van der Waals surface area (Å²) in [6, 6.07) is 53.2. The molecule has 6 aromatic rings. The van der Waals surface area contributed by atoms with Gasteiger partial charge in [-0.05, 0) is 94.5 Å². The molecule has 0 fully saturated rings. The van der Waals surface area contributed by atoms with Crippen LogP contribution in [-0.4, -0.2) is 21.9 Å². The lowest BCUT2D eigenvalue weighted by atomic mass is 9.87. The third-order valence-corrected chi connectivity index (χ3v) is 17.6. The van der Waals surface area contributed by atoms with E-state index in [4.69, 9.17) is 20.5 Å². The second-order valence-electron chi connectivity index (χ2n) is 17.1. The van der Waals surface area contributed by atoms with Crippen LogP contribution in [0.4, 0.5) is 5.69 Å². The van der Waals surface area contributed by atoms with Crippen LogP contribution < -0.4 is 24.4 Å². The molecule has 7 rings (SSSR count). The monoisotopic (exact) mass is 888 g/mol. The maximum atomic E-state index is 9.95. The first kappa shape index (κ1) is 45.7. The van der Waals surface area contributed by atoms with Gasteiger partial charge in [-0.1, -0.05) is 137 Å². The van der Waals surface area contributed by atoms with E-state index in [1.165, 1.54) is 0 Å². The first-order chi connectivity index (χ1) is 31.4. The van der Waals surface area contributed by atoms with Crippen LogP contribution in [0.5, 0.6) is 11.5 Å². The molecular formula is C56H52N4O3SSi. The number of allylic oxidation sites excluding steroid dienone is 1. The fourth-order valence-electron chi connectivity index (χ4n) is 8.29. The van der Waals surface area contributed by atoms with Crippen LogP contribution in [0, 0.1) is 29.2 Å². The number of nitrogens with zero attached hydrogens (tertiary/aromatic N) is 4. The average Bonchev–Trinajstić information content (AvgIpc) is 3.91. The summed E-state index contributed by atoms with van der Waals surface area (Å²) in [7, 11) is -0.813. The van der Waals surface area contributed by atoms with Gasteiger partial charge >= 0.3 is 8.32 Å². The van der Waals surface area contributed by atoms with Crippen molar-refractivity contribution in [1.82, 2.24) is 0 Å². The maximum Gasteiger partial charge on any atom is 0.319 e. The minimum absolute atomic E-state index is 0.0215. The second kappa shape index (κ2) is 20.0. The fourth-order valence-corrected chi connectivity index (χ4v) is 13.5. The molecule has 0 spiro atoms. The Balaban J connectivity index is 1.19. The molecule has 5 aromatic carbocycles. The van der Waals surface area contributed by atoms with E-state index in [2.05, 4.69) is 142 Å². The minimum Gasteiger partial charge on any atom is -0.534 e. The van der Waals surface area contributed by atoms with Crippen molar-refractivity contribution in [3.63, 3.8) is 0 Å². The van der Waals surface area contributed by atoms with Crippen LogP contribution in [0.25, 0.3) is 23.1 Å². The average molecular weight is 889 g/mol. The van der Waals surface area contributed by atoms with Gasteiger partial charge in [-0.15, -0.1) is 11.3 Å². The Morgan fingerprint density at radius 3 is 1.94 bits per heavy atom. The van der Waals surface area contributed by atoms with Crippen molar-refractivity contribution < 1.29 is 13.9 Å². The van der Waals surface area contributed by atoms with Gasteiger partial charge in [0.2, 0.25) is 5.70 Å². The van der Waals surface area contributed by atoms with Gasteiger partial charge in [0.05, 0.1) is 6.57 Å². The smallest absolute Gasteiger partial charge is 0.319 e. The molecule has 2 heterocycles. The lowest BCUT2D eigenvalue weighted by Crippen LogP contribution is -2.68. The molecule has 1 aliphatic heterocycles. The number of anilines is 1. The molecule has 0 saturated heterocycles. The van der Waals surface area contributed by atoms with Crippen molar-refractivity contribution >= 4 is 53.9 Å². The molecule has 1 aromatic heterocycles. The number of hydrogen-bond donors (Lipinski definition) is 0. The van der Waals surface area contributed by atoms with Crippen LogP contribution in [0.15, 0.2) is 174 Å². The van der Waals surface area contributed by atoms with Gasteiger partial charge in [-0.3, -0.25) is 0 Å². The Morgan fingerprint density at radius 1 is 0.800 bits per heavy atom. The number of hydrogen-bond acceptors (Lipinski definition) is 7. The molecule has 0 radical (unpaired) electrons. The highest BCUT2D eigenvalue weighted by atomic mass is 32.1. The van der Waals surface area contributed by atoms with Crippen LogP contribution >= 0.6 is 11.3 Å². The standard InChI is InChI=1S/C56H52N4O3SSi/c1-8-36-60(7)45-28-24-42(52(37-45)61-40-41-18-12-9-13-19-41)25-31-47-32-33-48(64-47)34-35-51-53(59-6)54(43(38-57)39-58)62-56(51,5)44-26-29-46(30-27-44)63-65(55(2,3)4,49-20-14-10-15-21-49)50-22-16-11-17-23-50/h9-35,37H,8,36,40H2,1-5,7H3/b31-25+,35-34+. The van der Waals surface area contributed by atoms with Crippen molar-refractivity contribution in [2.75, 3.05) is 18.5 Å². The number of ether oxygens (including phenoxy) is 2. The van der Waals surface area contributed by atoms with Crippen molar-refractivity contribution in [2.45, 2.75) is 58.3 Å². The summed E-state index contributed by atoms with van der Waals surface area (Å²) in [5, 5.41) is 22.0. The van der Waals surface area contributed by atoms with Crippen LogP contribution in [0.3, 0.4) is 0 Å². The molecular weight excluding hydrogens is 837 g/mol. The SMILES string of the molecule is [C-]#[N+]C1=C(/C=C/c2ccc(/C=C/c3ccc(N(C)CCC)cc3OCc3ccccc3)s2)C(C)(c2ccc(O[Si](c3ccccc3)(c3ccccc3)C(C)(C)C)cc2)OC1=C(C#N)C#N. The summed E-state index contributed by atoms with van der Waals surface area (Å²) >= 11 is 1.60. The zero-order chi connectivity index (χ0) is 46.0. The topological polar surface area (TPSA) is 82.9 Å². The van der Waals surface area contributed by atoms with Gasteiger partial charge in [0, 0.05) is 46.2 Å². The third kappa shape index (κ3) is 9.76. The highest BCUT2D eigenvalue weighted by molar-refractivity contribution is 7.13. The quantitative estimate of drug-likeness (QED) is 0.0580. The molecule has 65 heavy (non-hydrogen) atoms. The Morgan fingerprint density at radius 2 is 1.38 bits per heavy atom. The zero-order valence-corrected chi connectivity index (χ0v) is 39.5. The Bertz CT molecular complexity index is 2820. The van der Waals surface area contributed by atoms with E-state index in [1.54, 1.807) is 11.3 Å². The highest BCUT2D eigenvalue weighted by Crippen LogP contribution is 2.48. The van der Waals surface area contributed by atoms with Gasteiger partial charge in [0.25, 0.3) is 0 Å². The molecule has 0 bridgehead atoms. The molecule has 1 aliphatic rings. The van der Waals surface area contributed by atoms with Crippen LogP contribution in [0.1, 0.15) is 67.5 Å². The summed E-state index contributed by atoms with van der Waals surface area (Å²) in [5.41, 5.74) is 3.13. The van der Waals surface area contributed by atoms with E-state index < -0.39 is 13.9 Å². The summed E-state index contributed by atoms with van der Waals surface area (Å²) in [4.78, 5) is 8.07. The fraction of sp³-hybridized carbons (Fsp3) is 0.196. The van der Waals surface area contributed by atoms with Gasteiger partial charge < -0.3 is 18.8 Å². The maximum absolute atomic E-state index is 9.95. The van der Waals surface area contributed by atoms with Gasteiger partial charge in [-0.25, -0.2) is 4.85 Å². The van der Waals surface area contributed by atoms with Gasteiger partial charge in [0.15, 0.2) is 11.3 Å². The van der Waals surface area contributed by atoms with E-state index in [-0.39, 0.29) is 22.1 Å². The van der Waals surface area contributed by atoms with E-state index >= 15 is 0 Å². The van der Waals surface area contributed by atoms with Crippen LogP contribution in [0.2, 0.25) is 5.04 Å². The number of nitriles is 2. The van der Waals surface area contributed by atoms with Gasteiger partial charge in [-0.2, -0.15) is 10.5 Å². The van der Waals surface area contributed by atoms with Crippen molar-refractivity contribution in [3.8, 4) is 23.6 Å². The molecule has 7 nitrogen and oxygen atoms in total. The van der Waals surface area contributed by atoms with Crippen molar-refractivity contribution in [3.05, 3.63) is 212 Å². The third-order valence-electron chi connectivity index (χ3n) is 11.7. The Labute approximate surface area is 389 Å². The molecule has 9 heteroatoms. The highest BCUT2D eigenvalue weighted by Gasteiger charge is 2.52. The van der Waals surface area contributed by atoms with E-state index in [0.717, 1.165) is 61.2 Å². The second-order valence-corrected chi connectivity index (χ2v) is 22.4. The first-order valence-corrected chi connectivity index (χ1v) is 24.4. The summed E-state index contributed by atoms with van der Waals surface area (Å²) in [5.74, 6) is 1.49. The molecule has 0 amide bonds. The lowest BCUT2D eigenvalue weighted by Gasteiger charge is -2.43. The van der Waals surface area contributed by atoms with Crippen LogP contribution in [-0.2, 0) is 16.9 Å². The number of rotatable bonds is 15. The summed E-state index contributed by atoms with van der Waals surface area (Å²) in [6.45, 7) is 20.4. The molecule has 1 atom stereocenters. The molecule has 0 aliphatic carbocycles. The van der Waals surface area contributed by atoms with E-state index in [9.17, 15) is 10.5 Å². The van der Waals surface area contributed by atoms with Gasteiger partial charge in [0.1, 0.15) is 35.8 Å². The largest absolute Gasteiger partial charge is 0.534 e. The summed E-state index contributed by atoms with van der Waals surface area (Å²) < 4.78 is 20.2. The Hall–Kier alpha value is -7.35. The molecule has 1 unspecified atom stereocenters. The zero-order valence-electron chi connectivity index (χ0n) is 37.7. The normalized spacial score (nSPS) is 15.0. The minimum atomic E-state index is -2.91. The van der Waals surface area contributed by atoms with Crippen molar-refractivity contribution in [1.29, 1.82) is 10.5 Å². The number of thiophene rings is 1. The van der Waals surface area contributed by atoms with E-state index in [1.807, 2.05) is 91.9 Å². The summed E-state index contributed by atoms with van der Waals surface area (Å²) in [6.07, 6.45) is 9.03. The predicted molar refractivity (Wildman–Crippen MR) is 268 cm³/mol. The predicted octanol–water partition coefficient (Wildman–Crippen LogP) is 12.7. The number of benzene rings is 5. The first-order valence-electron chi connectivity index (χ1n) is 21.7. The van der Waals surface area contributed by atoms with Crippen molar-refractivity contribution in [2.24, 2.45) is 0 Å². The molecule has 324 valence electrons. The molecule has 0 saturated carbocycles. The Kier molecular flexibility index (Phi) is 14.1. The lowest BCUT2D eigenvalue weighted by molar-refractivity contribution is 0.0754. The van der Waals surface area contributed by atoms with E-state index in [0.29, 0.717) is 17.9 Å². The molecule has 0 N–H and O–H groups in total.